The molecule has 2 rings (SSSR count). The van der Waals surface area contributed by atoms with Gasteiger partial charge in [0.05, 0.1) is 16.8 Å². The van der Waals surface area contributed by atoms with Gasteiger partial charge in [0.2, 0.25) is 15.0 Å². The second kappa shape index (κ2) is 4.87. The van der Waals surface area contributed by atoms with Gasteiger partial charge in [-0.2, -0.15) is 0 Å². The van der Waals surface area contributed by atoms with Crippen molar-refractivity contribution in [3.63, 3.8) is 0 Å². The number of hydrogen-bond donors (Lipinski definition) is 1. The molecule has 0 amide bonds. The maximum absolute atomic E-state index is 12.0. The highest BCUT2D eigenvalue weighted by atomic mass is 32.2. The SMILES string of the molecule is CCCCCS(=O)(=O)c1nc2ccccc2[nH]1. The highest BCUT2D eigenvalue weighted by Gasteiger charge is 2.18. The molecule has 2 aromatic rings. The second-order valence-corrected chi connectivity index (χ2v) is 6.11. The van der Waals surface area contributed by atoms with Crippen molar-refractivity contribution in [1.82, 2.24) is 9.97 Å². The Balaban J connectivity index is 2.26. The maximum atomic E-state index is 12.0. The fourth-order valence-electron chi connectivity index (χ4n) is 1.72. The van der Waals surface area contributed by atoms with Crippen molar-refractivity contribution < 1.29 is 8.42 Å². The van der Waals surface area contributed by atoms with Gasteiger partial charge in [-0.15, -0.1) is 0 Å². The number of nitrogens with zero attached hydrogens (tertiary/aromatic N) is 1. The molecular weight excluding hydrogens is 236 g/mol. The number of unbranched alkanes of at least 4 members (excludes halogenated alkanes) is 2. The van der Waals surface area contributed by atoms with Gasteiger partial charge in [-0.05, 0) is 18.6 Å². The Morgan fingerprint density at radius 1 is 1.24 bits per heavy atom. The zero-order valence-electron chi connectivity index (χ0n) is 9.81. The summed E-state index contributed by atoms with van der Waals surface area (Å²) < 4.78 is 24.0. The lowest BCUT2D eigenvalue weighted by atomic mass is 10.3. The van der Waals surface area contributed by atoms with Crippen LogP contribution in [-0.4, -0.2) is 24.1 Å². The molecule has 1 N–H and O–H groups in total. The largest absolute Gasteiger partial charge is 0.329 e. The van der Waals surface area contributed by atoms with Crippen LogP contribution in [0.3, 0.4) is 0 Å². The van der Waals surface area contributed by atoms with Gasteiger partial charge in [0.15, 0.2) is 0 Å². The van der Waals surface area contributed by atoms with E-state index >= 15 is 0 Å². The molecule has 0 atom stereocenters. The summed E-state index contributed by atoms with van der Waals surface area (Å²) in [5.74, 6) is 0.167. The molecule has 0 unspecified atom stereocenters. The molecule has 1 aromatic heterocycles. The first kappa shape index (κ1) is 12.1. The van der Waals surface area contributed by atoms with E-state index in [-0.39, 0.29) is 10.9 Å². The average Bonchev–Trinajstić information content (AvgIpc) is 2.73. The molecule has 0 saturated carbocycles. The third-order valence-corrected chi connectivity index (χ3v) is 4.29. The van der Waals surface area contributed by atoms with Crippen LogP contribution in [0.2, 0.25) is 0 Å². The molecule has 0 aliphatic rings. The standard InChI is InChI=1S/C12H16N2O2S/c1-2-3-6-9-17(15,16)12-13-10-7-4-5-8-11(10)14-12/h4-5,7-8H,2-3,6,9H2,1H3,(H,13,14). The molecule has 0 aliphatic heterocycles. The smallest absolute Gasteiger partial charge is 0.226 e. The van der Waals surface area contributed by atoms with Gasteiger partial charge in [0.25, 0.3) is 0 Å². The zero-order chi connectivity index (χ0) is 12.3. The van der Waals surface area contributed by atoms with E-state index in [1.807, 2.05) is 25.1 Å². The minimum absolute atomic E-state index is 0.0924. The van der Waals surface area contributed by atoms with Crippen molar-refractivity contribution in [3.8, 4) is 0 Å². The zero-order valence-corrected chi connectivity index (χ0v) is 10.6. The topological polar surface area (TPSA) is 62.8 Å². The predicted molar refractivity (Wildman–Crippen MR) is 67.7 cm³/mol. The van der Waals surface area contributed by atoms with E-state index in [0.717, 1.165) is 18.4 Å². The number of aromatic nitrogens is 2. The van der Waals surface area contributed by atoms with Crippen LogP contribution in [0, 0.1) is 0 Å². The molecule has 1 aromatic carbocycles. The second-order valence-electron chi connectivity index (χ2n) is 4.09. The van der Waals surface area contributed by atoms with E-state index in [1.165, 1.54) is 0 Å². The first-order chi connectivity index (χ1) is 8.13. The summed E-state index contributed by atoms with van der Waals surface area (Å²) in [5, 5.41) is 0.0924. The van der Waals surface area contributed by atoms with E-state index in [0.29, 0.717) is 11.9 Å². The monoisotopic (exact) mass is 252 g/mol. The normalized spacial score (nSPS) is 12.1. The summed E-state index contributed by atoms with van der Waals surface area (Å²) >= 11 is 0. The lowest BCUT2D eigenvalue weighted by molar-refractivity contribution is 0.584. The number of imidazole rings is 1. The molecule has 92 valence electrons. The highest BCUT2D eigenvalue weighted by molar-refractivity contribution is 7.91. The van der Waals surface area contributed by atoms with Gasteiger partial charge in [-0.3, -0.25) is 0 Å². The summed E-state index contributed by atoms with van der Waals surface area (Å²) in [6, 6.07) is 7.33. The summed E-state index contributed by atoms with van der Waals surface area (Å²) in [6.07, 6.45) is 2.63. The van der Waals surface area contributed by atoms with E-state index < -0.39 is 9.84 Å². The van der Waals surface area contributed by atoms with Crippen LogP contribution in [-0.2, 0) is 9.84 Å². The van der Waals surface area contributed by atoms with Crippen LogP contribution in [0.1, 0.15) is 26.2 Å². The number of sulfone groups is 1. The van der Waals surface area contributed by atoms with Gasteiger partial charge in [-0.1, -0.05) is 31.9 Å². The lowest BCUT2D eigenvalue weighted by Crippen LogP contribution is -2.08. The molecule has 4 nitrogen and oxygen atoms in total. The van der Waals surface area contributed by atoms with Crippen molar-refractivity contribution >= 4 is 20.9 Å². The van der Waals surface area contributed by atoms with Crippen LogP contribution in [0.5, 0.6) is 0 Å². The van der Waals surface area contributed by atoms with Crippen molar-refractivity contribution in [3.05, 3.63) is 24.3 Å². The molecule has 0 spiro atoms. The summed E-state index contributed by atoms with van der Waals surface area (Å²) in [7, 11) is -3.26. The van der Waals surface area contributed by atoms with Gasteiger partial charge < -0.3 is 4.98 Å². The summed E-state index contributed by atoms with van der Waals surface area (Å²) in [4.78, 5) is 6.98. The van der Waals surface area contributed by atoms with E-state index in [9.17, 15) is 8.42 Å². The third kappa shape index (κ3) is 2.66. The number of hydrogen-bond acceptors (Lipinski definition) is 3. The van der Waals surface area contributed by atoms with Crippen LogP contribution in [0.4, 0.5) is 0 Å². The first-order valence-corrected chi connectivity index (χ1v) is 7.46. The average molecular weight is 252 g/mol. The van der Waals surface area contributed by atoms with Gasteiger partial charge >= 0.3 is 0 Å². The van der Waals surface area contributed by atoms with Crippen molar-refractivity contribution in [2.24, 2.45) is 0 Å². The number of H-pyrrole nitrogens is 1. The number of fused-ring (bicyclic) bond motifs is 1. The van der Waals surface area contributed by atoms with E-state index in [2.05, 4.69) is 9.97 Å². The van der Waals surface area contributed by atoms with E-state index in [4.69, 9.17) is 0 Å². The Morgan fingerprint density at radius 3 is 2.71 bits per heavy atom. The fourth-order valence-corrected chi connectivity index (χ4v) is 3.00. The third-order valence-electron chi connectivity index (χ3n) is 2.68. The molecule has 0 saturated heterocycles. The van der Waals surface area contributed by atoms with Crippen LogP contribution in [0.15, 0.2) is 29.4 Å². The van der Waals surface area contributed by atoms with Crippen LogP contribution < -0.4 is 0 Å². The van der Waals surface area contributed by atoms with Crippen LogP contribution in [0.25, 0.3) is 11.0 Å². The quantitative estimate of drug-likeness (QED) is 0.832. The highest BCUT2D eigenvalue weighted by Crippen LogP contribution is 2.15. The lowest BCUT2D eigenvalue weighted by Gasteiger charge is -1.99. The molecule has 0 aliphatic carbocycles. The maximum Gasteiger partial charge on any atom is 0.226 e. The Bertz CT molecular complexity index is 569. The number of nitrogens with one attached hydrogen (secondary N) is 1. The van der Waals surface area contributed by atoms with Crippen molar-refractivity contribution in [2.75, 3.05) is 5.75 Å². The summed E-state index contributed by atoms with van der Waals surface area (Å²) in [6.45, 7) is 2.05. The summed E-state index contributed by atoms with van der Waals surface area (Å²) in [5.41, 5.74) is 1.46. The van der Waals surface area contributed by atoms with Gasteiger partial charge in [-0.25, -0.2) is 13.4 Å². The van der Waals surface area contributed by atoms with Crippen LogP contribution >= 0.6 is 0 Å². The number of rotatable bonds is 5. The first-order valence-electron chi connectivity index (χ1n) is 5.81. The number of benzene rings is 1. The Hall–Kier alpha value is -1.36. The number of para-hydroxylation sites is 2. The van der Waals surface area contributed by atoms with Crippen molar-refractivity contribution in [2.45, 2.75) is 31.3 Å². The minimum atomic E-state index is -3.26. The minimum Gasteiger partial charge on any atom is -0.329 e. The molecule has 0 radical (unpaired) electrons. The Kier molecular flexibility index (Phi) is 3.47. The van der Waals surface area contributed by atoms with E-state index in [1.54, 1.807) is 6.07 Å². The number of aromatic amines is 1. The molecule has 17 heavy (non-hydrogen) atoms. The molecule has 0 bridgehead atoms. The van der Waals surface area contributed by atoms with Gasteiger partial charge in [0.1, 0.15) is 0 Å². The molecule has 1 heterocycles. The molecular formula is C12H16N2O2S. The Morgan fingerprint density at radius 2 is 2.00 bits per heavy atom. The van der Waals surface area contributed by atoms with Gasteiger partial charge in [0, 0.05) is 0 Å². The molecule has 5 heteroatoms. The Labute approximate surface area is 101 Å². The van der Waals surface area contributed by atoms with Crippen molar-refractivity contribution in [1.29, 1.82) is 0 Å². The molecule has 0 fully saturated rings. The predicted octanol–water partition coefficient (Wildman–Crippen LogP) is 2.53. The fraction of sp³-hybridized carbons (Fsp3) is 0.417.